The van der Waals surface area contributed by atoms with E-state index < -0.39 is 10.8 Å². The predicted molar refractivity (Wildman–Crippen MR) is 106 cm³/mol. The van der Waals surface area contributed by atoms with Gasteiger partial charge in [-0.2, -0.15) is 5.10 Å². The van der Waals surface area contributed by atoms with E-state index in [4.69, 9.17) is 4.74 Å². The molecule has 0 fully saturated rings. The molecule has 0 aliphatic carbocycles. The molecule has 0 unspecified atom stereocenters. The van der Waals surface area contributed by atoms with Crippen LogP contribution in [0.5, 0.6) is 5.75 Å². The Labute approximate surface area is 166 Å². The molecule has 0 saturated heterocycles. The van der Waals surface area contributed by atoms with Gasteiger partial charge in [-0.15, -0.1) is 0 Å². The number of hydrogen-bond donors (Lipinski definition) is 1. The van der Waals surface area contributed by atoms with Crippen LogP contribution in [-0.2, 0) is 4.79 Å². The van der Waals surface area contributed by atoms with Gasteiger partial charge in [-0.05, 0) is 47.5 Å². The number of carbonyl (C=O) groups excluding carboxylic acids is 1. The number of nitrogens with zero attached hydrogens (tertiary/aromatic N) is 2. The highest BCUT2D eigenvalue weighted by atomic mass is 79.9. The van der Waals surface area contributed by atoms with Crippen molar-refractivity contribution in [1.82, 2.24) is 5.43 Å². The van der Waals surface area contributed by atoms with Gasteiger partial charge in [0.15, 0.2) is 6.61 Å². The maximum Gasteiger partial charge on any atom is 0.277 e. The number of hydrazone groups is 1. The molecule has 2 aromatic carbocycles. The molecule has 0 aliphatic heterocycles. The zero-order valence-corrected chi connectivity index (χ0v) is 17.1. The SMILES string of the molecule is C/C(=N/NC(=O)COc1c(C)cc(Br)cc1Br)c1cccc([N+](=O)[O-])c1. The van der Waals surface area contributed by atoms with Gasteiger partial charge in [0.25, 0.3) is 11.6 Å². The molecule has 7 nitrogen and oxygen atoms in total. The Morgan fingerprint density at radius 3 is 2.69 bits per heavy atom. The summed E-state index contributed by atoms with van der Waals surface area (Å²) in [5, 5.41) is 14.8. The van der Waals surface area contributed by atoms with Gasteiger partial charge in [0.2, 0.25) is 0 Å². The molecular weight excluding hydrogens is 470 g/mol. The summed E-state index contributed by atoms with van der Waals surface area (Å²) in [6.07, 6.45) is 0. The van der Waals surface area contributed by atoms with E-state index in [-0.39, 0.29) is 12.3 Å². The first-order chi connectivity index (χ1) is 12.3. The second-order valence-electron chi connectivity index (χ2n) is 5.36. The number of rotatable bonds is 6. The van der Waals surface area contributed by atoms with Gasteiger partial charge in [0.05, 0.1) is 15.1 Å². The number of aryl methyl sites for hydroxylation is 1. The van der Waals surface area contributed by atoms with Crippen LogP contribution in [0.1, 0.15) is 18.1 Å². The van der Waals surface area contributed by atoms with Crippen LogP contribution in [0.4, 0.5) is 5.69 Å². The molecule has 0 aromatic heterocycles. The maximum absolute atomic E-state index is 11.9. The average Bonchev–Trinajstić information content (AvgIpc) is 2.58. The van der Waals surface area contributed by atoms with Crippen molar-refractivity contribution in [2.24, 2.45) is 5.10 Å². The summed E-state index contributed by atoms with van der Waals surface area (Å²) in [4.78, 5) is 22.3. The van der Waals surface area contributed by atoms with Gasteiger partial charge in [0.1, 0.15) is 5.75 Å². The fourth-order valence-corrected chi connectivity index (χ4v) is 3.65. The molecule has 0 atom stereocenters. The van der Waals surface area contributed by atoms with E-state index in [1.54, 1.807) is 19.1 Å². The van der Waals surface area contributed by atoms with E-state index in [0.29, 0.717) is 17.0 Å². The largest absolute Gasteiger partial charge is 0.482 e. The topological polar surface area (TPSA) is 93.8 Å². The Bertz CT molecular complexity index is 861. The number of non-ortho nitro benzene ring substituents is 1. The number of nitro benzene ring substituents is 1. The second-order valence-corrected chi connectivity index (χ2v) is 7.13. The lowest BCUT2D eigenvalue weighted by molar-refractivity contribution is -0.384. The summed E-state index contributed by atoms with van der Waals surface area (Å²) in [5.74, 6) is 0.131. The molecule has 0 heterocycles. The molecule has 0 aliphatic rings. The van der Waals surface area contributed by atoms with E-state index in [1.165, 1.54) is 12.1 Å². The number of benzene rings is 2. The van der Waals surface area contributed by atoms with Crippen molar-refractivity contribution >= 4 is 49.2 Å². The fourth-order valence-electron chi connectivity index (χ4n) is 2.10. The van der Waals surface area contributed by atoms with Crippen molar-refractivity contribution in [3.8, 4) is 5.75 Å². The first-order valence-corrected chi connectivity index (χ1v) is 9.03. The summed E-state index contributed by atoms with van der Waals surface area (Å²) >= 11 is 6.77. The third kappa shape index (κ3) is 5.37. The molecule has 0 radical (unpaired) electrons. The summed E-state index contributed by atoms with van der Waals surface area (Å²) < 4.78 is 7.16. The van der Waals surface area contributed by atoms with Crippen LogP contribution in [0.15, 0.2) is 50.4 Å². The Balaban J connectivity index is 1.99. The van der Waals surface area contributed by atoms with Crippen molar-refractivity contribution < 1.29 is 14.5 Å². The minimum Gasteiger partial charge on any atom is -0.482 e. The lowest BCUT2D eigenvalue weighted by atomic mass is 10.1. The van der Waals surface area contributed by atoms with Gasteiger partial charge < -0.3 is 4.74 Å². The maximum atomic E-state index is 11.9. The monoisotopic (exact) mass is 483 g/mol. The Kier molecular flexibility index (Phi) is 6.87. The highest BCUT2D eigenvalue weighted by molar-refractivity contribution is 9.11. The summed E-state index contributed by atoms with van der Waals surface area (Å²) in [6.45, 7) is 3.30. The molecule has 0 saturated carbocycles. The minimum atomic E-state index is -0.485. The van der Waals surface area contributed by atoms with Crippen LogP contribution in [0.3, 0.4) is 0 Å². The molecule has 2 aromatic rings. The molecule has 136 valence electrons. The number of hydrogen-bond acceptors (Lipinski definition) is 5. The highest BCUT2D eigenvalue weighted by Crippen LogP contribution is 2.32. The van der Waals surface area contributed by atoms with Gasteiger partial charge in [-0.3, -0.25) is 14.9 Å². The van der Waals surface area contributed by atoms with Crippen molar-refractivity contribution in [3.05, 3.63) is 66.6 Å². The number of amides is 1. The molecule has 0 bridgehead atoms. The van der Waals surface area contributed by atoms with Crippen molar-refractivity contribution in [3.63, 3.8) is 0 Å². The molecule has 1 N–H and O–H groups in total. The summed E-state index contributed by atoms with van der Waals surface area (Å²) in [7, 11) is 0. The van der Waals surface area contributed by atoms with Crippen LogP contribution in [0, 0.1) is 17.0 Å². The molecule has 26 heavy (non-hydrogen) atoms. The zero-order valence-electron chi connectivity index (χ0n) is 14.0. The first-order valence-electron chi connectivity index (χ1n) is 7.44. The highest BCUT2D eigenvalue weighted by Gasteiger charge is 2.10. The van der Waals surface area contributed by atoms with Gasteiger partial charge in [-0.1, -0.05) is 28.1 Å². The Hall–Kier alpha value is -2.26. The van der Waals surface area contributed by atoms with Gasteiger partial charge in [-0.25, -0.2) is 5.43 Å². The average molecular weight is 485 g/mol. The lowest BCUT2D eigenvalue weighted by Gasteiger charge is -2.11. The smallest absolute Gasteiger partial charge is 0.277 e. The minimum absolute atomic E-state index is 0.0396. The molecule has 0 spiro atoms. The van der Waals surface area contributed by atoms with Crippen LogP contribution in [0.2, 0.25) is 0 Å². The molecule has 1 amide bonds. The Morgan fingerprint density at radius 1 is 1.31 bits per heavy atom. The fraction of sp³-hybridized carbons (Fsp3) is 0.176. The number of halogens is 2. The van der Waals surface area contributed by atoms with Crippen molar-refractivity contribution in [1.29, 1.82) is 0 Å². The van der Waals surface area contributed by atoms with Crippen LogP contribution in [0.25, 0.3) is 0 Å². The predicted octanol–water partition coefficient (Wildman–Crippen LogP) is 4.35. The normalized spacial score (nSPS) is 11.2. The van der Waals surface area contributed by atoms with Gasteiger partial charge in [0, 0.05) is 22.2 Å². The molecular formula is C17H15Br2N3O4. The van der Waals surface area contributed by atoms with E-state index >= 15 is 0 Å². The standard InChI is InChI=1S/C17H15Br2N3O4/c1-10-6-13(18)8-15(19)17(10)26-9-16(23)21-20-11(2)12-4-3-5-14(7-12)22(24)25/h3-8H,9H2,1-2H3,(H,21,23)/b20-11-. The summed E-state index contributed by atoms with van der Waals surface area (Å²) in [6, 6.07) is 9.72. The molecule has 2 rings (SSSR count). The van der Waals surface area contributed by atoms with Crippen molar-refractivity contribution in [2.75, 3.05) is 6.61 Å². The number of ether oxygens (including phenoxy) is 1. The Morgan fingerprint density at radius 2 is 2.04 bits per heavy atom. The van der Waals surface area contributed by atoms with E-state index in [2.05, 4.69) is 42.4 Å². The second kappa shape index (κ2) is 8.91. The van der Waals surface area contributed by atoms with Crippen LogP contribution in [-0.4, -0.2) is 23.1 Å². The third-order valence-electron chi connectivity index (χ3n) is 3.36. The number of nitrogens with one attached hydrogen (secondary N) is 1. The van der Waals surface area contributed by atoms with Crippen molar-refractivity contribution in [2.45, 2.75) is 13.8 Å². The van der Waals surface area contributed by atoms with Crippen LogP contribution < -0.4 is 10.2 Å². The lowest BCUT2D eigenvalue weighted by Crippen LogP contribution is -2.25. The quantitative estimate of drug-likeness (QED) is 0.374. The zero-order chi connectivity index (χ0) is 19.3. The van der Waals surface area contributed by atoms with Gasteiger partial charge >= 0.3 is 0 Å². The van der Waals surface area contributed by atoms with E-state index in [1.807, 2.05) is 19.1 Å². The van der Waals surface area contributed by atoms with Crippen LogP contribution >= 0.6 is 31.9 Å². The molecule has 9 heteroatoms. The number of nitro groups is 1. The first kappa shape index (κ1) is 20.1. The van der Waals surface area contributed by atoms with E-state index in [9.17, 15) is 14.9 Å². The number of carbonyl (C=O) groups is 1. The third-order valence-corrected chi connectivity index (χ3v) is 4.41. The summed E-state index contributed by atoms with van der Waals surface area (Å²) in [5.41, 5.74) is 4.21. The van der Waals surface area contributed by atoms with E-state index in [0.717, 1.165) is 14.5 Å².